The first-order chi connectivity index (χ1) is 15.9. The molecule has 0 aliphatic carbocycles. The highest BCUT2D eigenvalue weighted by atomic mass is 35.5. The molecule has 2 fully saturated rings. The second-order valence-electron chi connectivity index (χ2n) is 7.56. The van der Waals surface area contributed by atoms with Crippen LogP contribution in [0.25, 0.3) is 0 Å². The van der Waals surface area contributed by atoms with Gasteiger partial charge in [0.25, 0.3) is 5.91 Å². The number of sulfonamides is 1. The van der Waals surface area contributed by atoms with E-state index < -0.39 is 15.9 Å². The number of hydrogen-bond donors (Lipinski definition) is 1. The summed E-state index contributed by atoms with van der Waals surface area (Å²) in [6, 6.07) is 11.7. The number of carbonyl (C=O) groups excluding carboxylic acids is 1. The van der Waals surface area contributed by atoms with Gasteiger partial charge in [-0.2, -0.15) is 4.31 Å². The van der Waals surface area contributed by atoms with Gasteiger partial charge in [-0.05, 0) is 30.3 Å². The zero-order valence-electron chi connectivity index (χ0n) is 18.0. The topological polar surface area (TPSA) is 97.4 Å². The van der Waals surface area contributed by atoms with Crippen LogP contribution in [0.5, 0.6) is 5.75 Å². The van der Waals surface area contributed by atoms with Crippen molar-refractivity contribution in [2.24, 2.45) is 0 Å². The summed E-state index contributed by atoms with van der Waals surface area (Å²) < 4.78 is 43.9. The molecule has 4 rings (SSSR count). The van der Waals surface area contributed by atoms with Crippen molar-refractivity contribution in [1.29, 1.82) is 0 Å². The monoisotopic (exact) mass is 495 g/mol. The number of para-hydroxylation sites is 1. The minimum atomic E-state index is -3.72. The fourth-order valence-electron chi connectivity index (χ4n) is 3.68. The predicted octanol–water partition coefficient (Wildman–Crippen LogP) is 2.21. The van der Waals surface area contributed by atoms with Crippen LogP contribution in [-0.2, 0) is 24.3 Å². The number of hydrogen-bond acceptors (Lipinski definition) is 7. The lowest BCUT2D eigenvalue weighted by Gasteiger charge is -2.31. The number of benzene rings is 2. The third-order valence-corrected chi connectivity index (χ3v) is 7.60. The minimum Gasteiger partial charge on any atom is -0.482 e. The van der Waals surface area contributed by atoms with Gasteiger partial charge in [0, 0.05) is 26.2 Å². The molecule has 2 heterocycles. The van der Waals surface area contributed by atoms with Crippen molar-refractivity contribution in [3.8, 4) is 5.75 Å². The molecule has 0 bridgehead atoms. The maximum Gasteiger partial charge on any atom is 0.262 e. The highest BCUT2D eigenvalue weighted by Crippen LogP contribution is 2.31. The molecule has 9 nitrogen and oxygen atoms in total. The third kappa shape index (κ3) is 5.77. The zero-order chi connectivity index (χ0) is 23.3. The first-order valence-electron chi connectivity index (χ1n) is 10.7. The molecule has 2 aliphatic rings. The lowest BCUT2D eigenvalue weighted by Crippen LogP contribution is -2.40. The van der Waals surface area contributed by atoms with Gasteiger partial charge in [0.05, 0.1) is 47.7 Å². The van der Waals surface area contributed by atoms with Crippen molar-refractivity contribution in [2.75, 3.05) is 69.4 Å². The molecule has 1 N–H and O–H groups in total. The van der Waals surface area contributed by atoms with Gasteiger partial charge >= 0.3 is 0 Å². The van der Waals surface area contributed by atoms with Crippen LogP contribution in [0.3, 0.4) is 0 Å². The standard InChI is InChI=1S/C22H26ClN3O6S/c23-18-3-1-2-4-21(18)32-16-22(27)24-19-15-17(33(28,29)26-9-13-31-14-10-26)5-6-20(19)25-7-11-30-12-8-25/h1-6,15H,7-14,16H2,(H,24,27). The van der Waals surface area contributed by atoms with E-state index in [1.165, 1.54) is 10.4 Å². The van der Waals surface area contributed by atoms with E-state index in [0.717, 1.165) is 5.69 Å². The second-order valence-corrected chi connectivity index (χ2v) is 9.91. The predicted molar refractivity (Wildman–Crippen MR) is 125 cm³/mol. The molecule has 0 unspecified atom stereocenters. The molecule has 0 radical (unpaired) electrons. The Morgan fingerprint density at radius 2 is 1.67 bits per heavy atom. The highest BCUT2D eigenvalue weighted by Gasteiger charge is 2.28. The van der Waals surface area contributed by atoms with Crippen molar-refractivity contribution in [1.82, 2.24) is 4.31 Å². The maximum absolute atomic E-state index is 13.1. The SMILES string of the molecule is O=C(COc1ccccc1Cl)Nc1cc(S(=O)(=O)N2CCOCC2)ccc1N1CCOCC1. The number of amides is 1. The highest BCUT2D eigenvalue weighted by molar-refractivity contribution is 7.89. The average molecular weight is 496 g/mol. The molecule has 178 valence electrons. The molecule has 2 aromatic carbocycles. The van der Waals surface area contributed by atoms with Gasteiger partial charge < -0.3 is 24.4 Å². The van der Waals surface area contributed by atoms with E-state index in [1.54, 1.807) is 36.4 Å². The summed E-state index contributed by atoms with van der Waals surface area (Å²) in [6.07, 6.45) is 0. The quantitative estimate of drug-likeness (QED) is 0.629. The van der Waals surface area contributed by atoms with Crippen LogP contribution in [0.4, 0.5) is 11.4 Å². The lowest BCUT2D eigenvalue weighted by molar-refractivity contribution is -0.118. The van der Waals surface area contributed by atoms with Crippen LogP contribution in [0.1, 0.15) is 0 Å². The number of rotatable bonds is 7. The Balaban J connectivity index is 1.56. The van der Waals surface area contributed by atoms with Crippen LogP contribution >= 0.6 is 11.6 Å². The van der Waals surface area contributed by atoms with Gasteiger partial charge in [-0.15, -0.1) is 0 Å². The molecule has 0 spiro atoms. The van der Waals surface area contributed by atoms with Gasteiger partial charge in [0.2, 0.25) is 10.0 Å². The first kappa shape index (κ1) is 23.8. The molecule has 1 amide bonds. The van der Waals surface area contributed by atoms with Gasteiger partial charge in [0.15, 0.2) is 6.61 Å². The van der Waals surface area contributed by atoms with Gasteiger partial charge in [-0.25, -0.2) is 8.42 Å². The Morgan fingerprint density at radius 3 is 2.36 bits per heavy atom. The van der Waals surface area contributed by atoms with Crippen LogP contribution in [0.2, 0.25) is 5.02 Å². The summed E-state index contributed by atoms with van der Waals surface area (Å²) in [5.74, 6) is -0.0308. The maximum atomic E-state index is 13.1. The molecule has 2 aromatic rings. The van der Waals surface area contributed by atoms with E-state index in [2.05, 4.69) is 10.2 Å². The van der Waals surface area contributed by atoms with Gasteiger partial charge in [0.1, 0.15) is 5.75 Å². The van der Waals surface area contributed by atoms with E-state index in [-0.39, 0.29) is 11.5 Å². The van der Waals surface area contributed by atoms with Crippen LogP contribution in [0, 0.1) is 0 Å². The number of morpholine rings is 2. The largest absolute Gasteiger partial charge is 0.482 e. The normalized spacial score (nSPS) is 17.5. The zero-order valence-corrected chi connectivity index (χ0v) is 19.6. The van der Waals surface area contributed by atoms with Crippen molar-refractivity contribution in [3.05, 3.63) is 47.5 Å². The molecule has 2 aliphatic heterocycles. The summed E-state index contributed by atoms with van der Waals surface area (Å²) in [4.78, 5) is 14.9. The molecule has 0 aromatic heterocycles. The molecule has 0 atom stereocenters. The average Bonchev–Trinajstić information content (AvgIpc) is 2.84. The van der Waals surface area contributed by atoms with Crippen molar-refractivity contribution < 1.29 is 27.4 Å². The molecule has 2 saturated heterocycles. The summed E-state index contributed by atoms with van der Waals surface area (Å²) in [6.45, 7) is 3.40. The number of anilines is 2. The van der Waals surface area contributed by atoms with Crippen molar-refractivity contribution in [3.63, 3.8) is 0 Å². The van der Waals surface area contributed by atoms with E-state index >= 15 is 0 Å². The van der Waals surface area contributed by atoms with Crippen molar-refractivity contribution in [2.45, 2.75) is 4.90 Å². The third-order valence-electron chi connectivity index (χ3n) is 5.40. The number of halogens is 1. The van der Waals surface area contributed by atoms with Gasteiger partial charge in [-0.3, -0.25) is 4.79 Å². The summed E-state index contributed by atoms with van der Waals surface area (Å²) >= 11 is 6.08. The molecular weight excluding hydrogens is 470 g/mol. The number of carbonyl (C=O) groups is 1. The summed E-state index contributed by atoms with van der Waals surface area (Å²) in [7, 11) is -3.72. The van der Waals surface area contributed by atoms with E-state index in [0.29, 0.717) is 69.1 Å². The Morgan fingerprint density at radius 1 is 1.00 bits per heavy atom. The van der Waals surface area contributed by atoms with Crippen molar-refractivity contribution >= 4 is 38.9 Å². The Hall–Kier alpha value is -2.37. The number of nitrogens with zero attached hydrogens (tertiary/aromatic N) is 2. The molecular formula is C22H26ClN3O6S. The van der Waals surface area contributed by atoms with Crippen LogP contribution in [-0.4, -0.2) is 77.8 Å². The van der Waals surface area contributed by atoms with Crippen LogP contribution < -0.4 is 15.0 Å². The fourth-order valence-corrected chi connectivity index (χ4v) is 5.31. The Kier molecular flexibility index (Phi) is 7.71. The van der Waals surface area contributed by atoms with Gasteiger partial charge in [-0.1, -0.05) is 23.7 Å². The van der Waals surface area contributed by atoms with E-state index in [4.69, 9.17) is 25.8 Å². The lowest BCUT2D eigenvalue weighted by atomic mass is 10.2. The number of nitrogens with one attached hydrogen (secondary N) is 1. The van der Waals surface area contributed by atoms with Crippen LogP contribution in [0.15, 0.2) is 47.4 Å². The Bertz CT molecular complexity index is 1090. The Labute approximate surface area is 198 Å². The molecule has 33 heavy (non-hydrogen) atoms. The summed E-state index contributed by atoms with van der Waals surface area (Å²) in [5, 5.41) is 3.22. The molecule has 11 heteroatoms. The number of ether oxygens (including phenoxy) is 3. The van der Waals surface area contributed by atoms with E-state index in [1.807, 2.05) is 0 Å². The smallest absolute Gasteiger partial charge is 0.262 e. The minimum absolute atomic E-state index is 0.115. The first-order valence-corrected chi connectivity index (χ1v) is 12.5. The summed E-state index contributed by atoms with van der Waals surface area (Å²) in [5.41, 5.74) is 1.13. The molecule has 0 saturated carbocycles. The second kappa shape index (κ2) is 10.7. The van der Waals surface area contributed by atoms with E-state index in [9.17, 15) is 13.2 Å². The fraction of sp³-hybridized carbons (Fsp3) is 0.409.